The van der Waals surface area contributed by atoms with Crippen LogP contribution in [0.5, 0.6) is 0 Å². The lowest BCUT2D eigenvalue weighted by Gasteiger charge is -2.46. The highest BCUT2D eigenvalue weighted by Crippen LogP contribution is 2.44. The van der Waals surface area contributed by atoms with Crippen molar-refractivity contribution in [2.75, 3.05) is 24.7 Å². The summed E-state index contributed by atoms with van der Waals surface area (Å²) in [7, 11) is 0. The van der Waals surface area contributed by atoms with Gasteiger partial charge < -0.3 is 9.84 Å². The maximum absolute atomic E-state index is 10.8. The highest BCUT2D eigenvalue weighted by molar-refractivity contribution is 7.99. The third-order valence-electron chi connectivity index (χ3n) is 3.61. The number of rotatable bonds is 1. The second-order valence-electron chi connectivity index (χ2n) is 5.82. The highest BCUT2D eigenvalue weighted by atomic mass is 32.2. The number of ether oxygens (including phenoxy) is 1. The monoisotopic (exact) mass is 230 g/mol. The van der Waals surface area contributed by atoms with Crippen LogP contribution >= 0.6 is 11.8 Å². The molecule has 15 heavy (non-hydrogen) atoms. The summed E-state index contributed by atoms with van der Waals surface area (Å²) in [5.74, 6) is 2.55. The lowest BCUT2D eigenvalue weighted by molar-refractivity contribution is -0.0732. The van der Waals surface area contributed by atoms with Crippen LogP contribution in [0.25, 0.3) is 0 Å². The first-order valence-electron chi connectivity index (χ1n) is 5.90. The van der Waals surface area contributed by atoms with Crippen molar-refractivity contribution in [2.45, 2.75) is 38.7 Å². The Morgan fingerprint density at radius 2 is 1.87 bits per heavy atom. The molecule has 0 aliphatic carbocycles. The Kier molecular flexibility index (Phi) is 3.34. The zero-order chi connectivity index (χ0) is 10.9. The Hall–Kier alpha value is 0.270. The van der Waals surface area contributed by atoms with Gasteiger partial charge in [0.2, 0.25) is 0 Å². The van der Waals surface area contributed by atoms with Gasteiger partial charge in [0, 0.05) is 19.0 Å². The summed E-state index contributed by atoms with van der Waals surface area (Å²) in [5.41, 5.74) is -0.147. The third-order valence-corrected chi connectivity index (χ3v) is 5.30. The van der Waals surface area contributed by atoms with E-state index in [1.54, 1.807) is 0 Å². The Bertz CT molecular complexity index is 224. The van der Waals surface area contributed by atoms with Gasteiger partial charge in [-0.15, -0.1) is 0 Å². The Balaban J connectivity index is 2.04. The molecule has 0 bridgehead atoms. The maximum Gasteiger partial charge on any atom is 0.0772 e. The Morgan fingerprint density at radius 1 is 1.20 bits per heavy atom. The summed E-state index contributed by atoms with van der Waals surface area (Å²) in [6.45, 7) is 6.20. The van der Waals surface area contributed by atoms with Crippen molar-refractivity contribution in [1.29, 1.82) is 0 Å². The van der Waals surface area contributed by atoms with Gasteiger partial charge in [0.25, 0.3) is 0 Å². The summed E-state index contributed by atoms with van der Waals surface area (Å²) in [6.07, 6.45) is 3.03. The predicted molar refractivity (Wildman–Crippen MR) is 64.2 cm³/mol. The van der Waals surface area contributed by atoms with E-state index in [9.17, 15) is 5.11 Å². The van der Waals surface area contributed by atoms with Gasteiger partial charge in [-0.3, -0.25) is 0 Å². The van der Waals surface area contributed by atoms with Crippen molar-refractivity contribution in [3.8, 4) is 0 Å². The molecule has 0 saturated carbocycles. The van der Waals surface area contributed by atoms with Gasteiger partial charge in [0.05, 0.1) is 5.60 Å². The Morgan fingerprint density at radius 3 is 2.47 bits per heavy atom. The van der Waals surface area contributed by atoms with Crippen LogP contribution in [-0.4, -0.2) is 35.4 Å². The molecule has 1 unspecified atom stereocenters. The molecular formula is C12H22O2S. The number of aliphatic hydroxyl groups is 1. The number of hydrogen-bond donors (Lipinski definition) is 1. The van der Waals surface area contributed by atoms with Crippen LogP contribution in [0.15, 0.2) is 0 Å². The van der Waals surface area contributed by atoms with E-state index in [1.165, 1.54) is 5.75 Å². The zero-order valence-corrected chi connectivity index (χ0v) is 10.6. The fourth-order valence-electron chi connectivity index (χ4n) is 2.93. The van der Waals surface area contributed by atoms with Crippen molar-refractivity contribution in [1.82, 2.24) is 0 Å². The Labute approximate surface area is 96.8 Å². The minimum Gasteiger partial charge on any atom is -0.389 e. The first-order chi connectivity index (χ1) is 7.02. The summed E-state index contributed by atoms with van der Waals surface area (Å²) < 4.78 is 5.37. The molecular weight excluding hydrogens is 208 g/mol. The molecule has 0 amide bonds. The maximum atomic E-state index is 10.8. The van der Waals surface area contributed by atoms with Crippen molar-refractivity contribution >= 4 is 11.8 Å². The number of thioether (sulfide) groups is 1. The van der Waals surface area contributed by atoms with Crippen LogP contribution < -0.4 is 0 Å². The van der Waals surface area contributed by atoms with Crippen LogP contribution in [0, 0.1) is 11.3 Å². The summed E-state index contributed by atoms with van der Waals surface area (Å²) in [5, 5.41) is 10.8. The van der Waals surface area contributed by atoms with Gasteiger partial charge in [-0.25, -0.2) is 0 Å². The van der Waals surface area contributed by atoms with E-state index in [0.29, 0.717) is 5.92 Å². The van der Waals surface area contributed by atoms with Gasteiger partial charge >= 0.3 is 0 Å². The molecule has 0 radical (unpaired) electrons. The normalized spacial score (nSPS) is 37.8. The molecule has 0 aromatic rings. The molecule has 0 aromatic carbocycles. The summed E-state index contributed by atoms with van der Waals surface area (Å²) >= 11 is 1.91. The SMILES string of the molecule is CC1(C)CSCC(O)(C2CCOCC2)C1. The van der Waals surface area contributed by atoms with E-state index >= 15 is 0 Å². The van der Waals surface area contributed by atoms with Crippen LogP contribution in [0.3, 0.4) is 0 Å². The molecule has 0 aromatic heterocycles. The van der Waals surface area contributed by atoms with Crippen molar-refractivity contribution in [3.63, 3.8) is 0 Å². The minimum atomic E-state index is -0.434. The van der Waals surface area contributed by atoms with E-state index in [4.69, 9.17) is 4.74 Å². The van der Waals surface area contributed by atoms with Crippen molar-refractivity contribution in [3.05, 3.63) is 0 Å². The molecule has 2 aliphatic heterocycles. The van der Waals surface area contributed by atoms with Crippen LogP contribution in [-0.2, 0) is 4.74 Å². The minimum absolute atomic E-state index is 0.288. The summed E-state index contributed by atoms with van der Waals surface area (Å²) in [4.78, 5) is 0. The van der Waals surface area contributed by atoms with Gasteiger partial charge in [-0.2, -0.15) is 11.8 Å². The molecule has 0 spiro atoms. The lowest BCUT2D eigenvalue weighted by Crippen LogP contribution is -2.49. The molecule has 2 aliphatic rings. The predicted octanol–water partition coefficient (Wildman–Crippen LogP) is 2.31. The smallest absolute Gasteiger partial charge is 0.0772 e. The molecule has 2 nitrogen and oxygen atoms in total. The molecule has 3 heteroatoms. The third kappa shape index (κ3) is 2.69. The molecule has 2 saturated heterocycles. The second kappa shape index (κ2) is 4.27. The molecule has 88 valence electrons. The van der Waals surface area contributed by atoms with E-state index < -0.39 is 5.60 Å². The molecule has 1 atom stereocenters. The largest absolute Gasteiger partial charge is 0.389 e. The van der Waals surface area contributed by atoms with Gasteiger partial charge in [0.1, 0.15) is 0 Å². The first-order valence-corrected chi connectivity index (χ1v) is 7.05. The van der Waals surface area contributed by atoms with E-state index in [2.05, 4.69) is 13.8 Å². The average Bonchev–Trinajstić information content (AvgIpc) is 2.17. The number of hydrogen-bond acceptors (Lipinski definition) is 3. The van der Waals surface area contributed by atoms with Gasteiger partial charge in [-0.05, 0) is 36.3 Å². The highest BCUT2D eigenvalue weighted by Gasteiger charge is 2.44. The molecule has 2 heterocycles. The molecule has 2 rings (SSSR count). The van der Waals surface area contributed by atoms with Crippen molar-refractivity contribution < 1.29 is 9.84 Å². The zero-order valence-electron chi connectivity index (χ0n) is 9.79. The van der Waals surface area contributed by atoms with Crippen molar-refractivity contribution in [2.24, 2.45) is 11.3 Å². The standard InChI is InChI=1S/C12H22O2S/c1-11(2)7-12(13,9-15-8-11)10-3-5-14-6-4-10/h10,13H,3-9H2,1-2H3. The average molecular weight is 230 g/mol. The van der Waals surface area contributed by atoms with Crippen LogP contribution in [0.2, 0.25) is 0 Å². The lowest BCUT2D eigenvalue weighted by atomic mass is 9.73. The molecule has 1 N–H and O–H groups in total. The van der Waals surface area contributed by atoms with Gasteiger partial charge in [-0.1, -0.05) is 13.8 Å². The van der Waals surface area contributed by atoms with Crippen LogP contribution in [0.4, 0.5) is 0 Å². The van der Waals surface area contributed by atoms with E-state index in [0.717, 1.165) is 38.2 Å². The molecule has 2 fully saturated rings. The fraction of sp³-hybridized carbons (Fsp3) is 1.00. The second-order valence-corrected chi connectivity index (χ2v) is 6.81. The topological polar surface area (TPSA) is 29.5 Å². The first kappa shape index (κ1) is 11.7. The van der Waals surface area contributed by atoms with E-state index in [1.807, 2.05) is 11.8 Å². The van der Waals surface area contributed by atoms with Crippen LogP contribution in [0.1, 0.15) is 33.1 Å². The quantitative estimate of drug-likeness (QED) is 0.749. The van der Waals surface area contributed by atoms with E-state index in [-0.39, 0.29) is 5.41 Å². The summed E-state index contributed by atoms with van der Waals surface area (Å²) in [6, 6.07) is 0. The van der Waals surface area contributed by atoms with Gasteiger partial charge in [0.15, 0.2) is 0 Å². The fourth-order valence-corrected chi connectivity index (χ4v) is 4.38.